The van der Waals surface area contributed by atoms with Crippen molar-refractivity contribution < 1.29 is 4.74 Å². The van der Waals surface area contributed by atoms with Crippen LogP contribution in [-0.4, -0.2) is 10.0 Å². The molecule has 1 aliphatic heterocycles. The van der Waals surface area contributed by atoms with E-state index in [0.29, 0.717) is 0 Å². The van der Waals surface area contributed by atoms with E-state index in [1.54, 1.807) is 0 Å². The number of rotatable bonds is 1. The zero-order valence-corrected chi connectivity index (χ0v) is 13.8. The monoisotopic (exact) mass is 394 g/mol. The number of fused-ring (bicyclic) bond motifs is 1. The second-order valence-corrected chi connectivity index (χ2v) is 6.41. The van der Waals surface area contributed by atoms with Gasteiger partial charge in [0.1, 0.15) is 11.4 Å². The Kier molecular flexibility index (Phi) is 3.30. The van der Waals surface area contributed by atoms with Crippen LogP contribution >= 0.6 is 38.5 Å². The summed E-state index contributed by atoms with van der Waals surface area (Å²) in [7, 11) is 0. The van der Waals surface area contributed by atoms with Crippen molar-refractivity contribution in [3.05, 3.63) is 26.7 Å². The molecule has 1 aliphatic rings. The molecule has 1 aromatic carbocycles. The summed E-state index contributed by atoms with van der Waals surface area (Å²) in [6.45, 7) is 8.67. The molecule has 1 aromatic rings. The summed E-state index contributed by atoms with van der Waals surface area (Å²) >= 11 is 6.09. The molecule has 0 bridgehead atoms. The molecule has 0 spiro atoms. The summed E-state index contributed by atoms with van der Waals surface area (Å²) in [6, 6.07) is 0. The molecular formula is C13H16BrIO. The van der Waals surface area contributed by atoms with E-state index >= 15 is 0 Å². The Morgan fingerprint density at radius 3 is 2.44 bits per heavy atom. The van der Waals surface area contributed by atoms with Crippen molar-refractivity contribution in [1.82, 2.24) is 0 Å². The van der Waals surface area contributed by atoms with Crippen molar-refractivity contribution in [1.29, 1.82) is 0 Å². The van der Waals surface area contributed by atoms with Crippen LogP contribution in [-0.2, 0) is 6.42 Å². The van der Waals surface area contributed by atoms with Crippen molar-refractivity contribution in [3.8, 4) is 5.75 Å². The fourth-order valence-electron chi connectivity index (χ4n) is 2.23. The van der Waals surface area contributed by atoms with Crippen molar-refractivity contribution >= 4 is 38.5 Å². The summed E-state index contributed by atoms with van der Waals surface area (Å²) < 4.78 is 8.43. The minimum atomic E-state index is -0.0222. The van der Waals surface area contributed by atoms with E-state index in [2.05, 4.69) is 66.2 Å². The average Bonchev–Trinajstić information content (AvgIpc) is 2.63. The van der Waals surface area contributed by atoms with Crippen molar-refractivity contribution in [2.45, 2.75) is 39.7 Å². The van der Waals surface area contributed by atoms with E-state index in [4.69, 9.17) is 4.74 Å². The highest BCUT2D eigenvalue weighted by Crippen LogP contribution is 2.44. The molecule has 0 aliphatic carbocycles. The molecule has 88 valence electrons. The van der Waals surface area contributed by atoms with Gasteiger partial charge < -0.3 is 4.74 Å². The van der Waals surface area contributed by atoms with Gasteiger partial charge in [-0.3, -0.25) is 0 Å². The third kappa shape index (κ3) is 1.80. The molecule has 0 fully saturated rings. The maximum absolute atomic E-state index is 6.16. The summed E-state index contributed by atoms with van der Waals surface area (Å²) in [5, 5.41) is 0. The van der Waals surface area contributed by atoms with Crippen LogP contribution in [0.15, 0.2) is 4.47 Å². The van der Waals surface area contributed by atoms with Crippen LogP contribution in [0, 0.1) is 20.8 Å². The Bertz CT molecular complexity index is 417. The molecule has 1 nitrogen and oxygen atoms in total. The van der Waals surface area contributed by atoms with Crippen molar-refractivity contribution in [2.75, 3.05) is 4.43 Å². The first kappa shape index (κ1) is 12.7. The van der Waals surface area contributed by atoms with Crippen LogP contribution < -0.4 is 4.74 Å². The predicted octanol–water partition coefficient (Wildman–Crippen LogP) is 4.50. The Hall–Kier alpha value is 0.230. The second-order valence-electron chi connectivity index (χ2n) is 4.86. The van der Waals surface area contributed by atoms with Crippen LogP contribution in [0.25, 0.3) is 0 Å². The number of halogens is 2. The Morgan fingerprint density at radius 2 is 1.88 bits per heavy atom. The largest absolute Gasteiger partial charge is 0.486 e. The van der Waals surface area contributed by atoms with Gasteiger partial charge in [0, 0.05) is 20.9 Å². The van der Waals surface area contributed by atoms with Crippen LogP contribution in [0.5, 0.6) is 5.75 Å². The number of alkyl halides is 1. The van der Waals surface area contributed by atoms with Crippen LogP contribution in [0.3, 0.4) is 0 Å². The highest BCUT2D eigenvalue weighted by Gasteiger charge is 2.36. The van der Waals surface area contributed by atoms with Crippen molar-refractivity contribution in [2.24, 2.45) is 0 Å². The summed E-state index contributed by atoms with van der Waals surface area (Å²) in [6.07, 6.45) is 1.02. The summed E-state index contributed by atoms with van der Waals surface area (Å²) in [5.41, 5.74) is 5.28. The number of hydrogen-bond donors (Lipinski definition) is 0. The highest BCUT2D eigenvalue weighted by atomic mass is 127. The highest BCUT2D eigenvalue weighted by molar-refractivity contribution is 14.1. The van der Waals surface area contributed by atoms with Gasteiger partial charge >= 0.3 is 0 Å². The SMILES string of the molecule is Cc1c(C)c2c(c(C)c1Br)CC(C)(CI)O2. The van der Waals surface area contributed by atoms with Gasteiger partial charge in [0.25, 0.3) is 0 Å². The minimum Gasteiger partial charge on any atom is -0.486 e. The molecule has 0 radical (unpaired) electrons. The van der Waals surface area contributed by atoms with E-state index in [0.717, 1.165) is 16.6 Å². The lowest BCUT2D eigenvalue weighted by molar-refractivity contribution is 0.146. The summed E-state index contributed by atoms with van der Waals surface area (Å²) in [4.78, 5) is 0. The average molecular weight is 395 g/mol. The van der Waals surface area contributed by atoms with E-state index in [1.807, 2.05) is 0 Å². The van der Waals surface area contributed by atoms with Gasteiger partial charge in [0.15, 0.2) is 0 Å². The minimum absolute atomic E-state index is 0.0222. The lowest BCUT2D eigenvalue weighted by Gasteiger charge is -2.21. The first-order chi connectivity index (χ1) is 7.39. The lowest BCUT2D eigenvalue weighted by atomic mass is 9.94. The molecule has 0 saturated heterocycles. The molecule has 3 heteroatoms. The second kappa shape index (κ2) is 4.16. The topological polar surface area (TPSA) is 9.23 Å². The molecule has 0 amide bonds. The first-order valence-electron chi connectivity index (χ1n) is 5.43. The number of hydrogen-bond acceptors (Lipinski definition) is 1. The van der Waals surface area contributed by atoms with Crippen LogP contribution in [0.2, 0.25) is 0 Å². The fourth-order valence-corrected chi connectivity index (χ4v) is 3.19. The molecule has 16 heavy (non-hydrogen) atoms. The van der Waals surface area contributed by atoms with E-state index < -0.39 is 0 Å². The number of ether oxygens (including phenoxy) is 1. The quantitative estimate of drug-likeness (QED) is 0.503. The van der Waals surface area contributed by atoms with Gasteiger partial charge in [-0.25, -0.2) is 0 Å². The standard InChI is InChI=1S/C13H16BrIO/c1-7-8(2)12-10(9(3)11(7)14)5-13(4,6-15)16-12/h5-6H2,1-4H3. The third-order valence-electron chi connectivity index (χ3n) is 3.47. The van der Waals surface area contributed by atoms with Crippen molar-refractivity contribution in [3.63, 3.8) is 0 Å². The zero-order chi connectivity index (χ0) is 12.1. The Balaban J connectivity index is 2.62. The van der Waals surface area contributed by atoms with Gasteiger partial charge in [-0.15, -0.1) is 0 Å². The number of benzene rings is 1. The molecular weight excluding hydrogens is 379 g/mol. The predicted molar refractivity (Wildman–Crippen MR) is 80.0 cm³/mol. The fraction of sp³-hybridized carbons (Fsp3) is 0.538. The van der Waals surface area contributed by atoms with Gasteiger partial charge in [0.05, 0.1) is 0 Å². The van der Waals surface area contributed by atoms with Crippen LogP contribution in [0.4, 0.5) is 0 Å². The smallest absolute Gasteiger partial charge is 0.127 e. The maximum Gasteiger partial charge on any atom is 0.127 e. The molecule has 1 atom stereocenters. The molecule has 0 aromatic heterocycles. The zero-order valence-electron chi connectivity index (χ0n) is 10.1. The normalized spacial score (nSPS) is 23.1. The van der Waals surface area contributed by atoms with E-state index in [9.17, 15) is 0 Å². The summed E-state index contributed by atoms with van der Waals surface area (Å²) in [5.74, 6) is 1.12. The third-order valence-corrected chi connectivity index (χ3v) is 6.27. The molecule has 1 heterocycles. The molecule has 1 unspecified atom stereocenters. The lowest BCUT2D eigenvalue weighted by Crippen LogP contribution is -2.31. The van der Waals surface area contributed by atoms with Gasteiger partial charge in [-0.2, -0.15) is 0 Å². The van der Waals surface area contributed by atoms with E-state index in [-0.39, 0.29) is 5.60 Å². The first-order valence-corrected chi connectivity index (χ1v) is 7.74. The van der Waals surface area contributed by atoms with Gasteiger partial charge in [-0.05, 0) is 44.4 Å². The Labute approximate surface area is 119 Å². The molecule has 0 saturated carbocycles. The maximum atomic E-state index is 6.16. The van der Waals surface area contributed by atoms with Crippen LogP contribution in [0.1, 0.15) is 29.2 Å². The molecule has 0 N–H and O–H groups in total. The van der Waals surface area contributed by atoms with Gasteiger partial charge in [0.2, 0.25) is 0 Å². The van der Waals surface area contributed by atoms with Gasteiger partial charge in [-0.1, -0.05) is 38.5 Å². The Morgan fingerprint density at radius 1 is 1.25 bits per heavy atom. The molecule has 2 rings (SSSR count). The van der Waals surface area contributed by atoms with E-state index in [1.165, 1.54) is 26.7 Å².